The molecule has 0 radical (unpaired) electrons. The van der Waals surface area contributed by atoms with Gasteiger partial charge in [0.1, 0.15) is 5.54 Å². The van der Waals surface area contributed by atoms with Crippen LogP contribution in [0.4, 0.5) is 4.79 Å². The lowest BCUT2D eigenvalue weighted by Gasteiger charge is -2.36. The van der Waals surface area contributed by atoms with E-state index < -0.39 is 11.1 Å². The summed E-state index contributed by atoms with van der Waals surface area (Å²) in [5.74, 6) is -0.179. The van der Waals surface area contributed by atoms with Gasteiger partial charge >= 0.3 is 6.03 Å². The Kier molecular flexibility index (Phi) is 4.01. The van der Waals surface area contributed by atoms with Crippen LogP contribution in [0.2, 0.25) is 0 Å². The molecular weight excluding hydrogens is 242 g/mol. The van der Waals surface area contributed by atoms with Crippen molar-refractivity contribution in [1.82, 2.24) is 10.2 Å². The summed E-state index contributed by atoms with van der Waals surface area (Å²) in [5, 5.41) is 2.82. The van der Waals surface area contributed by atoms with E-state index >= 15 is 0 Å². The topological polar surface area (TPSA) is 75.4 Å². The van der Waals surface area contributed by atoms with Gasteiger partial charge in [-0.2, -0.15) is 0 Å². The second-order valence-electron chi connectivity index (χ2n) is 6.77. The van der Waals surface area contributed by atoms with Crippen LogP contribution >= 0.6 is 0 Å². The van der Waals surface area contributed by atoms with E-state index in [2.05, 4.69) is 5.32 Å². The summed E-state index contributed by atoms with van der Waals surface area (Å²) in [4.78, 5) is 26.0. The first-order valence-electron chi connectivity index (χ1n) is 6.94. The van der Waals surface area contributed by atoms with E-state index in [4.69, 9.17) is 5.73 Å². The summed E-state index contributed by atoms with van der Waals surface area (Å²) in [6, 6.07) is -0.334. The highest BCUT2D eigenvalue weighted by Gasteiger charge is 2.55. The van der Waals surface area contributed by atoms with Gasteiger partial charge < -0.3 is 11.1 Å². The maximum atomic E-state index is 12.6. The SMILES string of the molecule is CCC(N)(CC)CN1C(=O)NC(C)(C(C)(C)C)C1=O. The Bertz CT molecular complexity index is 383. The van der Waals surface area contributed by atoms with Gasteiger partial charge in [-0.15, -0.1) is 0 Å². The molecule has 5 heteroatoms. The number of amides is 3. The normalized spacial score (nSPS) is 24.9. The van der Waals surface area contributed by atoms with E-state index in [1.165, 1.54) is 4.90 Å². The molecule has 0 spiro atoms. The molecule has 0 bridgehead atoms. The molecular formula is C14H27N3O2. The molecule has 0 aliphatic carbocycles. The van der Waals surface area contributed by atoms with E-state index in [1.54, 1.807) is 6.92 Å². The van der Waals surface area contributed by atoms with Gasteiger partial charge in [0.05, 0.1) is 0 Å². The number of rotatable bonds is 4. The third-order valence-corrected chi connectivity index (χ3v) is 4.66. The zero-order valence-corrected chi connectivity index (χ0v) is 13.0. The van der Waals surface area contributed by atoms with E-state index in [0.29, 0.717) is 0 Å². The minimum atomic E-state index is -0.869. The number of hydrogen-bond donors (Lipinski definition) is 2. The Morgan fingerprint density at radius 3 is 2.00 bits per heavy atom. The first kappa shape index (κ1) is 16.0. The Morgan fingerprint density at radius 1 is 1.21 bits per heavy atom. The van der Waals surface area contributed by atoms with Gasteiger partial charge in [-0.05, 0) is 25.2 Å². The number of carbonyl (C=O) groups excluding carboxylic acids is 2. The van der Waals surface area contributed by atoms with Gasteiger partial charge in [0.25, 0.3) is 5.91 Å². The van der Waals surface area contributed by atoms with E-state index in [-0.39, 0.29) is 23.9 Å². The van der Waals surface area contributed by atoms with Gasteiger partial charge in [0.15, 0.2) is 0 Å². The van der Waals surface area contributed by atoms with Crippen LogP contribution in [0.5, 0.6) is 0 Å². The molecule has 1 heterocycles. The van der Waals surface area contributed by atoms with Gasteiger partial charge in [0, 0.05) is 12.1 Å². The zero-order valence-electron chi connectivity index (χ0n) is 13.0. The smallest absolute Gasteiger partial charge is 0.324 e. The number of carbonyl (C=O) groups is 2. The second kappa shape index (κ2) is 4.78. The molecule has 1 saturated heterocycles. The number of nitrogens with two attached hydrogens (primary N) is 1. The van der Waals surface area contributed by atoms with Crippen molar-refractivity contribution in [3.8, 4) is 0 Å². The van der Waals surface area contributed by atoms with Crippen molar-refractivity contribution >= 4 is 11.9 Å². The highest BCUT2D eigenvalue weighted by atomic mass is 16.2. The minimum Gasteiger partial charge on any atom is -0.324 e. The predicted octanol–water partition coefficient (Wildman–Crippen LogP) is 1.86. The van der Waals surface area contributed by atoms with Crippen molar-refractivity contribution in [2.24, 2.45) is 11.1 Å². The number of hydrogen-bond acceptors (Lipinski definition) is 3. The van der Waals surface area contributed by atoms with Crippen LogP contribution in [0.1, 0.15) is 54.4 Å². The molecule has 1 fully saturated rings. The van der Waals surface area contributed by atoms with Crippen LogP contribution in [0.15, 0.2) is 0 Å². The standard InChI is InChI=1S/C14H27N3O2/c1-7-14(15,8-2)9-17-10(18)13(6,12(3,4)5)16-11(17)19/h7-9,15H2,1-6H3,(H,16,19). The summed E-state index contributed by atoms with van der Waals surface area (Å²) < 4.78 is 0. The molecule has 0 saturated carbocycles. The summed E-state index contributed by atoms with van der Waals surface area (Å²) in [5.41, 5.74) is 4.51. The number of imide groups is 1. The van der Waals surface area contributed by atoms with Gasteiger partial charge in [0.2, 0.25) is 0 Å². The lowest BCUT2D eigenvalue weighted by molar-refractivity contribution is -0.134. The van der Waals surface area contributed by atoms with Crippen LogP contribution < -0.4 is 11.1 Å². The highest BCUT2D eigenvalue weighted by molar-refractivity contribution is 6.07. The molecule has 3 N–H and O–H groups in total. The third kappa shape index (κ3) is 2.61. The number of nitrogens with zero attached hydrogens (tertiary/aromatic N) is 1. The maximum Gasteiger partial charge on any atom is 0.325 e. The van der Waals surface area contributed by atoms with Crippen LogP contribution in [0.25, 0.3) is 0 Å². The first-order valence-corrected chi connectivity index (χ1v) is 6.94. The fraction of sp³-hybridized carbons (Fsp3) is 0.857. The van der Waals surface area contributed by atoms with Crippen molar-refractivity contribution < 1.29 is 9.59 Å². The molecule has 1 rings (SSSR count). The maximum absolute atomic E-state index is 12.6. The van der Waals surface area contributed by atoms with Crippen molar-refractivity contribution in [3.63, 3.8) is 0 Å². The lowest BCUT2D eigenvalue weighted by Crippen LogP contribution is -2.55. The largest absolute Gasteiger partial charge is 0.325 e. The predicted molar refractivity (Wildman–Crippen MR) is 75.6 cm³/mol. The van der Waals surface area contributed by atoms with Gasteiger partial charge in [-0.25, -0.2) is 4.79 Å². The molecule has 0 aromatic carbocycles. The molecule has 0 aromatic heterocycles. The lowest BCUT2D eigenvalue weighted by atomic mass is 9.75. The Balaban J connectivity index is 3.01. The molecule has 110 valence electrons. The fourth-order valence-electron chi connectivity index (χ4n) is 2.14. The quantitative estimate of drug-likeness (QED) is 0.765. The fourth-order valence-corrected chi connectivity index (χ4v) is 2.14. The summed E-state index contributed by atoms with van der Waals surface area (Å²) in [6.07, 6.45) is 1.46. The van der Waals surface area contributed by atoms with Crippen molar-refractivity contribution in [1.29, 1.82) is 0 Å². The molecule has 1 aliphatic heterocycles. The Hall–Kier alpha value is -1.10. The number of nitrogens with one attached hydrogen (secondary N) is 1. The van der Waals surface area contributed by atoms with Crippen LogP contribution in [-0.2, 0) is 4.79 Å². The van der Waals surface area contributed by atoms with E-state index in [1.807, 2.05) is 34.6 Å². The molecule has 0 aromatic rings. The average molecular weight is 269 g/mol. The molecule has 1 aliphatic rings. The minimum absolute atomic E-state index is 0.179. The van der Waals surface area contributed by atoms with E-state index in [9.17, 15) is 9.59 Å². The van der Waals surface area contributed by atoms with Gasteiger partial charge in [-0.3, -0.25) is 9.69 Å². The molecule has 5 nitrogen and oxygen atoms in total. The molecule has 3 amide bonds. The molecule has 1 atom stereocenters. The zero-order chi connectivity index (χ0) is 15.1. The van der Waals surface area contributed by atoms with Crippen LogP contribution in [0, 0.1) is 5.41 Å². The van der Waals surface area contributed by atoms with Gasteiger partial charge in [-0.1, -0.05) is 34.6 Å². The highest BCUT2D eigenvalue weighted by Crippen LogP contribution is 2.35. The number of urea groups is 1. The van der Waals surface area contributed by atoms with Crippen LogP contribution in [-0.4, -0.2) is 34.5 Å². The average Bonchev–Trinajstić information content (AvgIpc) is 2.53. The van der Waals surface area contributed by atoms with Crippen molar-refractivity contribution in [2.75, 3.05) is 6.54 Å². The summed E-state index contributed by atoms with van der Waals surface area (Å²) in [6.45, 7) is 11.9. The van der Waals surface area contributed by atoms with E-state index in [0.717, 1.165) is 12.8 Å². The Morgan fingerprint density at radius 2 is 1.68 bits per heavy atom. The van der Waals surface area contributed by atoms with Crippen molar-refractivity contribution in [2.45, 2.75) is 65.5 Å². The monoisotopic (exact) mass is 269 g/mol. The summed E-state index contributed by atoms with van der Waals surface area (Å²) in [7, 11) is 0. The first-order chi connectivity index (χ1) is 8.50. The molecule has 19 heavy (non-hydrogen) atoms. The Labute approximate surface area is 115 Å². The second-order valence-corrected chi connectivity index (χ2v) is 6.77. The molecule has 1 unspecified atom stereocenters. The summed E-state index contributed by atoms with van der Waals surface area (Å²) >= 11 is 0. The van der Waals surface area contributed by atoms with Crippen molar-refractivity contribution in [3.05, 3.63) is 0 Å². The third-order valence-electron chi connectivity index (χ3n) is 4.66. The van der Waals surface area contributed by atoms with Crippen LogP contribution in [0.3, 0.4) is 0 Å².